The molecule has 0 unspecified atom stereocenters. The maximum Gasteiger partial charge on any atom is 0.309 e. The first kappa shape index (κ1) is 18.6. The number of halogens is 1. The number of likely N-dealkylation sites (tertiary alicyclic amines) is 2. The molecule has 1 aromatic heterocycles. The van der Waals surface area contributed by atoms with Crippen LogP contribution in [0.1, 0.15) is 24.8 Å². The van der Waals surface area contributed by atoms with Crippen LogP contribution in [0.2, 0.25) is 0 Å². The van der Waals surface area contributed by atoms with Gasteiger partial charge in [0.1, 0.15) is 11.5 Å². The predicted octanol–water partition coefficient (Wildman–Crippen LogP) is 1.91. The third-order valence-corrected chi connectivity index (χ3v) is 6.23. The molecular formula is C20H23FN4O3. The molecule has 1 aromatic carbocycles. The van der Waals surface area contributed by atoms with Gasteiger partial charge in [0.25, 0.3) is 0 Å². The van der Waals surface area contributed by atoms with Crippen LogP contribution < -0.4 is 0 Å². The van der Waals surface area contributed by atoms with Crippen molar-refractivity contribution in [2.75, 3.05) is 20.1 Å². The molecule has 2 aromatic rings. The van der Waals surface area contributed by atoms with Gasteiger partial charge >= 0.3 is 5.97 Å². The summed E-state index contributed by atoms with van der Waals surface area (Å²) in [6.45, 7) is 2.05. The zero-order valence-electron chi connectivity index (χ0n) is 15.7. The number of para-hydroxylation sites is 1. The maximum absolute atomic E-state index is 13.9. The molecular weight excluding hydrogens is 363 g/mol. The largest absolute Gasteiger partial charge is 0.481 e. The molecule has 1 spiro atoms. The fourth-order valence-corrected chi connectivity index (χ4v) is 4.55. The van der Waals surface area contributed by atoms with Crippen LogP contribution in [0.3, 0.4) is 0 Å². The van der Waals surface area contributed by atoms with Crippen molar-refractivity contribution >= 4 is 11.9 Å². The maximum atomic E-state index is 13.9. The van der Waals surface area contributed by atoms with E-state index in [0.717, 1.165) is 5.56 Å². The van der Waals surface area contributed by atoms with Crippen molar-refractivity contribution in [2.45, 2.75) is 31.3 Å². The van der Waals surface area contributed by atoms with E-state index in [1.54, 1.807) is 36.3 Å². The zero-order valence-corrected chi connectivity index (χ0v) is 15.7. The summed E-state index contributed by atoms with van der Waals surface area (Å²) in [5.41, 5.74) is 0.781. The number of piperidine rings is 1. The van der Waals surface area contributed by atoms with Crippen LogP contribution in [0.5, 0.6) is 0 Å². The minimum absolute atomic E-state index is 0.0846. The molecule has 0 saturated carbocycles. The third-order valence-electron chi connectivity index (χ3n) is 6.23. The zero-order chi connectivity index (χ0) is 19.9. The van der Waals surface area contributed by atoms with Crippen molar-refractivity contribution in [3.05, 3.63) is 48.0 Å². The van der Waals surface area contributed by atoms with Gasteiger partial charge in [-0.05, 0) is 25.0 Å². The Bertz CT molecular complexity index is 904. The second kappa shape index (κ2) is 7.01. The summed E-state index contributed by atoms with van der Waals surface area (Å²) in [7, 11) is 1.72. The Morgan fingerprint density at radius 1 is 1.32 bits per heavy atom. The molecule has 2 saturated heterocycles. The van der Waals surface area contributed by atoms with E-state index < -0.39 is 17.4 Å². The number of hydrogen-bond acceptors (Lipinski definition) is 4. The molecule has 7 nitrogen and oxygen atoms in total. The summed E-state index contributed by atoms with van der Waals surface area (Å²) in [4.78, 5) is 27.7. The van der Waals surface area contributed by atoms with Crippen molar-refractivity contribution in [3.63, 3.8) is 0 Å². The van der Waals surface area contributed by atoms with Crippen LogP contribution in [-0.2, 0) is 16.1 Å². The average Bonchev–Trinajstić information content (AvgIpc) is 3.23. The molecule has 8 heteroatoms. The lowest BCUT2D eigenvalue weighted by Gasteiger charge is -2.45. The van der Waals surface area contributed by atoms with Crippen molar-refractivity contribution in [1.82, 2.24) is 19.6 Å². The summed E-state index contributed by atoms with van der Waals surface area (Å²) >= 11 is 0. The van der Waals surface area contributed by atoms with Crippen molar-refractivity contribution < 1.29 is 19.1 Å². The number of carboxylic acids is 1. The highest BCUT2D eigenvalue weighted by atomic mass is 19.1. The minimum Gasteiger partial charge on any atom is -0.481 e. The quantitative estimate of drug-likeness (QED) is 0.869. The predicted molar refractivity (Wildman–Crippen MR) is 99.3 cm³/mol. The summed E-state index contributed by atoms with van der Waals surface area (Å²) < 4.78 is 15.5. The number of hydrogen-bond donors (Lipinski definition) is 1. The van der Waals surface area contributed by atoms with Crippen LogP contribution in [-0.4, -0.2) is 62.2 Å². The van der Waals surface area contributed by atoms with E-state index in [-0.39, 0.29) is 18.1 Å². The molecule has 1 atom stereocenters. The summed E-state index contributed by atoms with van der Waals surface area (Å²) in [6, 6.07) is 6.48. The Labute approximate surface area is 162 Å². The first-order valence-corrected chi connectivity index (χ1v) is 9.41. The highest BCUT2D eigenvalue weighted by Gasteiger charge is 2.55. The molecule has 2 aliphatic rings. The van der Waals surface area contributed by atoms with Crippen LogP contribution in [0.25, 0.3) is 5.69 Å². The monoisotopic (exact) mass is 386 g/mol. The first-order chi connectivity index (χ1) is 13.4. The van der Waals surface area contributed by atoms with Crippen LogP contribution in [0.4, 0.5) is 4.39 Å². The average molecular weight is 386 g/mol. The van der Waals surface area contributed by atoms with Gasteiger partial charge in [0.15, 0.2) is 0 Å². The topological polar surface area (TPSA) is 78.7 Å². The van der Waals surface area contributed by atoms with E-state index in [1.165, 1.54) is 10.7 Å². The molecule has 0 radical (unpaired) electrons. The standard InChI is InChI=1S/C20H23FN4O3/c1-23-18(26)10-15(19(27)28)20(23)6-8-24(9-7-20)12-14-11-22-25(13-14)17-5-3-2-4-16(17)21/h2-5,11,13,15H,6-10,12H2,1H3,(H,27,28)/t15-/m1/s1. The second-order valence-electron chi connectivity index (χ2n) is 7.67. The van der Waals surface area contributed by atoms with Crippen molar-refractivity contribution in [3.8, 4) is 5.69 Å². The Kier molecular flexibility index (Phi) is 4.66. The highest BCUT2D eigenvalue weighted by Crippen LogP contribution is 2.43. The molecule has 148 valence electrons. The SMILES string of the molecule is CN1C(=O)C[C@H](C(=O)O)C12CCN(Cc1cnn(-c3ccccc3F)c1)CC2. The Morgan fingerprint density at radius 3 is 2.71 bits per heavy atom. The molecule has 3 heterocycles. The lowest BCUT2D eigenvalue weighted by molar-refractivity contribution is -0.146. The number of carbonyl (C=O) groups is 2. The molecule has 4 rings (SSSR count). The van der Waals surface area contributed by atoms with Gasteiger partial charge in [-0.2, -0.15) is 5.10 Å². The molecule has 0 aliphatic carbocycles. The summed E-state index contributed by atoms with van der Waals surface area (Å²) in [6.07, 6.45) is 4.89. The summed E-state index contributed by atoms with van der Waals surface area (Å²) in [5.74, 6) is -1.95. The lowest BCUT2D eigenvalue weighted by Crippen LogP contribution is -2.55. The fraction of sp³-hybridized carbons (Fsp3) is 0.450. The van der Waals surface area contributed by atoms with Gasteiger partial charge in [-0.1, -0.05) is 12.1 Å². The molecule has 2 aliphatic heterocycles. The number of nitrogens with zero attached hydrogens (tertiary/aromatic N) is 4. The van der Waals surface area contributed by atoms with Gasteiger partial charge in [0.05, 0.1) is 17.7 Å². The molecule has 0 bridgehead atoms. The van der Waals surface area contributed by atoms with E-state index in [1.807, 2.05) is 6.20 Å². The highest BCUT2D eigenvalue weighted by molar-refractivity contribution is 5.88. The van der Waals surface area contributed by atoms with Crippen LogP contribution in [0.15, 0.2) is 36.7 Å². The number of aliphatic carboxylic acids is 1. The second-order valence-corrected chi connectivity index (χ2v) is 7.67. The van der Waals surface area contributed by atoms with Gasteiger partial charge in [-0.15, -0.1) is 0 Å². The number of benzene rings is 1. The van der Waals surface area contributed by atoms with E-state index in [4.69, 9.17) is 0 Å². The number of carbonyl (C=O) groups excluding carboxylic acids is 1. The first-order valence-electron chi connectivity index (χ1n) is 9.41. The Hall–Kier alpha value is -2.74. The van der Waals surface area contributed by atoms with E-state index >= 15 is 0 Å². The van der Waals surface area contributed by atoms with Gasteiger partial charge in [-0.3, -0.25) is 14.5 Å². The molecule has 2 fully saturated rings. The number of rotatable bonds is 4. The normalized spacial score (nSPS) is 22.1. The molecule has 28 heavy (non-hydrogen) atoms. The number of amides is 1. The molecule has 1 N–H and O–H groups in total. The fourth-order valence-electron chi connectivity index (χ4n) is 4.55. The number of aromatic nitrogens is 2. The van der Waals surface area contributed by atoms with Crippen molar-refractivity contribution in [2.24, 2.45) is 5.92 Å². The summed E-state index contributed by atoms with van der Waals surface area (Å²) in [5, 5.41) is 13.8. The van der Waals surface area contributed by atoms with E-state index in [0.29, 0.717) is 38.2 Å². The van der Waals surface area contributed by atoms with Gasteiger partial charge in [-0.25, -0.2) is 9.07 Å². The van der Waals surface area contributed by atoms with Gasteiger partial charge in [0, 0.05) is 44.9 Å². The third kappa shape index (κ3) is 3.07. The Balaban J connectivity index is 1.43. The van der Waals surface area contributed by atoms with E-state index in [9.17, 15) is 19.1 Å². The number of carboxylic acid groups (broad SMARTS) is 1. The van der Waals surface area contributed by atoms with E-state index in [2.05, 4.69) is 10.00 Å². The molecule has 1 amide bonds. The minimum atomic E-state index is -0.891. The lowest BCUT2D eigenvalue weighted by atomic mass is 9.77. The smallest absolute Gasteiger partial charge is 0.309 e. The van der Waals surface area contributed by atoms with Crippen LogP contribution >= 0.6 is 0 Å². The van der Waals surface area contributed by atoms with Gasteiger partial charge < -0.3 is 10.0 Å². The van der Waals surface area contributed by atoms with Crippen LogP contribution in [0, 0.1) is 11.7 Å². The van der Waals surface area contributed by atoms with Crippen molar-refractivity contribution in [1.29, 1.82) is 0 Å². The Morgan fingerprint density at radius 2 is 2.04 bits per heavy atom. The van der Waals surface area contributed by atoms with Gasteiger partial charge in [0.2, 0.25) is 5.91 Å².